The Morgan fingerprint density at radius 3 is 1.72 bits per heavy atom. The van der Waals surface area contributed by atoms with Crippen molar-refractivity contribution in [1.29, 1.82) is 0 Å². The van der Waals surface area contributed by atoms with E-state index in [9.17, 15) is 0 Å². The van der Waals surface area contributed by atoms with Crippen LogP contribution in [0.15, 0.2) is 181 Å². The number of aromatic amines is 1. The number of benzene rings is 7. The Bertz CT molecular complexity index is 3020. The van der Waals surface area contributed by atoms with Crippen molar-refractivity contribution in [2.24, 2.45) is 4.99 Å². The number of aromatic nitrogens is 2. The SMILES string of the molecule is CB1Oc2cc3ccccc3cc2C2=NC(=C(c3ccc(-n4c5ccccc5c5ccccc54)cc3)c3ccc([nH]3)-c3cc4ccccc4cc3O1)C=C2. The molecule has 0 aliphatic carbocycles. The molecule has 254 valence electrons. The molecule has 0 saturated heterocycles. The first-order valence-electron chi connectivity index (χ1n) is 18.3. The van der Waals surface area contributed by atoms with Gasteiger partial charge in [0.2, 0.25) is 0 Å². The zero-order valence-electron chi connectivity index (χ0n) is 29.5. The van der Waals surface area contributed by atoms with Gasteiger partial charge < -0.3 is 18.9 Å². The molecule has 4 bridgehead atoms. The molecule has 2 aromatic heterocycles. The summed E-state index contributed by atoms with van der Waals surface area (Å²) in [5.41, 5.74) is 11.1. The average molecular weight is 694 g/mol. The highest BCUT2D eigenvalue weighted by molar-refractivity contribution is 6.45. The van der Waals surface area contributed by atoms with Gasteiger partial charge in [-0.3, -0.25) is 0 Å². The lowest BCUT2D eigenvalue weighted by Crippen LogP contribution is -2.26. The highest BCUT2D eigenvalue weighted by Crippen LogP contribution is 2.40. The van der Waals surface area contributed by atoms with Crippen LogP contribution >= 0.6 is 0 Å². The topological polar surface area (TPSA) is 51.5 Å². The van der Waals surface area contributed by atoms with Crippen molar-refractivity contribution in [2.45, 2.75) is 6.82 Å². The van der Waals surface area contributed by atoms with Crippen molar-refractivity contribution in [3.8, 4) is 28.4 Å². The number of allylic oxidation sites excluding steroid dienone is 2. The van der Waals surface area contributed by atoms with E-state index in [-0.39, 0.29) is 0 Å². The minimum absolute atomic E-state index is 0.577. The number of rotatable bonds is 2. The monoisotopic (exact) mass is 693 g/mol. The molecule has 9 aromatic rings. The third kappa shape index (κ3) is 4.91. The summed E-state index contributed by atoms with van der Waals surface area (Å²) in [7, 11) is -0.577. The first-order chi connectivity index (χ1) is 26.6. The molecular formula is C48H32BN3O2. The van der Waals surface area contributed by atoms with Crippen molar-refractivity contribution < 1.29 is 9.31 Å². The molecule has 2 aliphatic heterocycles. The molecule has 5 nitrogen and oxygen atoms in total. The number of fused-ring (bicyclic) bond motifs is 12. The van der Waals surface area contributed by atoms with Crippen LogP contribution in [0.2, 0.25) is 6.82 Å². The third-order valence-electron chi connectivity index (χ3n) is 10.7. The minimum atomic E-state index is -0.577. The summed E-state index contributed by atoms with van der Waals surface area (Å²) in [5, 5.41) is 6.94. The largest absolute Gasteiger partial charge is 0.591 e. The van der Waals surface area contributed by atoms with Crippen molar-refractivity contribution >= 4 is 61.8 Å². The molecule has 0 spiro atoms. The van der Waals surface area contributed by atoms with Crippen molar-refractivity contribution in [3.63, 3.8) is 0 Å². The number of nitrogens with zero attached hydrogens (tertiary/aromatic N) is 2. The van der Waals surface area contributed by atoms with Crippen LogP contribution in [0.5, 0.6) is 11.5 Å². The minimum Gasteiger partial charge on any atom is -0.525 e. The lowest BCUT2D eigenvalue weighted by Gasteiger charge is -2.19. The van der Waals surface area contributed by atoms with E-state index in [1.807, 2.05) is 6.82 Å². The summed E-state index contributed by atoms with van der Waals surface area (Å²) in [4.78, 5) is 9.10. The molecule has 6 heteroatoms. The van der Waals surface area contributed by atoms with Gasteiger partial charge in [0.15, 0.2) is 0 Å². The van der Waals surface area contributed by atoms with Gasteiger partial charge in [-0.1, -0.05) is 97.1 Å². The molecule has 0 saturated carbocycles. The molecule has 0 amide bonds. The van der Waals surface area contributed by atoms with E-state index in [2.05, 4.69) is 179 Å². The van der Waals surface area contributed by atoms with Gasteiger partial charge in [-0.25, -0.2) is 4.99 Å². The van der Waals surface area contributed by atoms with Crippen LogP contribution < -0.4 is 9.31 Å². The molecule has 0 atom stereocenters. The third-order valence-corrected chi connectivity index (χ3v) is 10.7. The Morgan fingerprint density at radius 1 is 0.537 bits per heavy atom. The molecule has 1 N–H and O–H groups in total. The maximum absolute atomic E-state index is 6.67. The Balaban J connectivity index is 1.12. The zero-order chi connectivity index (χ0) is 35.8. The van der Waals surface area contributed by atoms with E-state index < -0.39 is 7.12 Å². The standard InChI is InChI=1S/C48H32BN3O2/c1-49-53-46-28-33-12-4-2-10-31(33)26-38(46)40-22-24-42(50-40)48(43-25-23-41(51-43)39-27-32-11-3-5-13-34(32)29-47(39)54-49)30-18-20-35(21-19-30)52-44-16-8-6-14-36(44)37-15-7-9-17-45(37)52/h2-29,50H,1H3. The summed E-state index contributed by atoms with van der Waals surface area (Å²) < 4.78 is 15.7. The highest BCUT2D eigenvalue weighted by Gasteiger charge is 2.25. The van der Waals surface area contributed by atoms with Gasteiger partial charge in [0.25, 0.3) is 0 Å². The Hall–Kier alpha value is -7.05. The maximum Gasteiger partial charge on any atom is 0.591 e. The number of H-pyrrole nitrogens is 1. The molecule has 2 aliphatic rings. The van der Waals surface area contributed by atoms with Crippen LogP contribution in [0, 0.1) is 0 Å². The van der Waals surface area contributed by atoms with Crippen LogP contribution in [-0.2, 0) is 0 Å². The van der Waals surface area contributed by atoms with Gasteiger partial charge >= 0.3 is 7.12 Å². The summed E-state index contributed by atoms with van der Waals surface area (Å²) in [6, 6.07) is 55.7. The van der Waals surface area contributed by atoms with Crippen LogP contribution in [-0.4, -0.2) is 22.4 Å². The van der Waals surface area contributed by atoms with E-state index >= 15 is 0 Å². The highest BCUT2D eigenvalue weighted by atomic mass is 16.6. The van der Waals surface area contributed by atoms with Gasteiger partial charge in [0.1, 0.15) is 11.5 Å². The summed E-state index contributed by atoms with van der Waals surface area (Å²) in [6.07, 6.45) is 4.21. The smallest absolute Gasteiger partial charge is 0.525 e. The first-order valence-corrected chi connectivity index (χ1v) is 18.3. The van der Waals surface area contributed by atoms with Gasteiger partial charge in [0.05, 0.1) is 22.4 Å². The fourth-order valence-corrected chi connectivity index (χ4v) is 8.19. The molecule has 7 aromatic carbocycles. The second-order valence-electron chi connectivity index (χ2n) is 14.0. The van der Waals surface area contributed by atoms with Gasteiger partial charge in [-0.05, 0) is 107 Å². The Morgan fingerprint density at radius 2 is 1.07 bits per heavy atom. The van der Waals surface area contributed by atoms with Gasteiger partial charge in [-0.2, -0.15) is 0 Å². The molecule has 0 radical (unpaired) electrons. The average Bonchev–Trinajstić information content (AvgIpc) is 3.96. The Labute approximate surface area is 312 Å². The van der Waals surface area contributed by atoms with Gasteiger partial charge in [-0.15, -0.1) is 0 Å². The molecular weight excluding hydrogens is 661 g/mol. The molecule has 4 heterocycles. The molecule has 0 unspecified atom stereocenters. The van der Waals surface area contributed by atoms with E-state index in [0.29, 0.717) is 0 Å². The summed E-state index contributed by atoms with van der Waals surface area (Å²) in [6.45, 7) is 1.95. The quantitative estimate of drug-likeness (QED) is 0.183. The lowest BCUT2D eigenvalue weighted by molar-refractivity contribution is 0.432. The second-order valence-corrected chi connectivity index (χ2v) is 14.0. The van der Waals surface area contributed by atoms with Crippen LogP contribution in [0.4, 0.5) is 0 Å². The number of para-hydroxylation sites is 2. The molecule has 54 heavy (non-hydrogen) atoms. The zero-order valence-corrected chi connectivity index (χ0v) is 29.5. The van der Waals surface area contributed by atoms with E-state index in [4.69, 9.17) is 14.3 Å². The van der Waals surface area contributed by atoms with E-state index in [1.54, 1.807) is 0 Å². The number of nitrogens with one attached hydrogen (secondary N) is 1. The summed E-state index contributed by atoms with van der Waals surface area (Å²) in [5.74, 6) is 1.47. The maximum atomic E-state index is 6.67. The second kappa shape index (κ2) is 12.0. The first kappa shape index (κ1) is 30.6. The fourth-order valence-electron chi connectivity index (χ4n) is 8.19. The van der Waals surface area contributed by atoms with Crippen LogP contribution in [0.3, 0.4) is 0 Å². The van der Waals surface area contributed by atoms with Crippen molar-refractivity contribution in [3.05, 3.63) is 192 Å². The van der Waals surface area contributed by atoms with E-state index in [0.717, 1.165) is 83.8 Å². The summed E-state index contributed by atoms with van der Waals surface area (Å²) >= 11 is 0. The number of aliphatic imine (C=N–C) groups is 1. The normalized spacial score (nSPS) is 13.9. The van der Waals surface area contributed by atoms with Crippen LogP contribution in [0.1, 0.15) is 16.8 Å². The predicted molar refractivity (Wildman–Crippen MR) is 223 cm³/mol. The number of hydrogen-bond donors (Lipinski definition) is 1. The van der Waals surface area contributed by atoms with E-state index in [1.165, 1.54) is 21.8 Å². The van der Waals surface area contributed by atoms with Crippen molar-refractivity contribution in [2.75, 3.05) is 0 Å². The van der Waals surface area contributed by atoms with Crippen LogP contribution in [0.25, 0.3) is 65.9 Å². The number of hydrogen-bond acceptors (Lipinski definition) is 3. The lowest BCUT2D eigenvalue weighted by atomic mass is 9.92. The predicted octanol–water partition coefficient (Wildman–Crippen LogP) is 11.8. The van der Waals surface area contributed by atoms with Gasteiger partial charge in [0, 0.05) is 44.5 Å². The van der Waals surface area contributed by atoms with Crippen molar-refractivity contribution in [1.82, 2.24) is 9.55 Å². The molecule has 0 fully saturated rings. The fraction of sp³-hybridized carbons (Fsp3) is 0.0208. The Kier molecular flexibility index (Phi) is 6.80. The molecule has 11 rings (SSSR count).